The van der Waals surface area contributed by atoms with E-state index < -0.39 is 0 Å². The quantitative estimate of drug-likeness (QED) is 0.762. The first-order valence-electron chi connectivity index (χ1n) is 4.90. The van der Waals surface area contributed by atoms with Gasteiger partial charge in [-0.1, -0.05) is 24.3 Å². The minimum Gasteiger partial charge on any atom is -0.388 e. The molecule has 1 aromatic rings. The lowest BCUT2D eigenvalue weighted by atomic mass is 10.0. The van der Waals surface area contributed by atoms with E-state index in [4.69, 9.17) is 0 Å². The van der Waals surface area contributed by atoms with Crippen molar-refractivity contribution in [3.05, 3.63) is 35.4 Å². The highest BCUT2D eigenvalue weighted by atomic mass is 14.8. The molecule has 0 aromatic heterocycles. The lowest BCUT2D eigenvalue weighted by molar-refractivity contribution is 0.816. The highest BCUT2D eigenvalue weighted by Crippen LogP contribution is 2.21. The van der Waals surface area contributed by atoms with Gasteiger partial charge in [0.2, 0.25) is 0 Å². The van der Waals surface area contributed by atoms with Crippen LogP contribution in [0.5, 0.6) is 0 Å². The van der Waals surface area contributed by atoms with Crippen molar-refractivity contribution >= 4 is 11.8 Å². The molecule has 0 atom stereocenters. The van der Waals surface area contributed by atoms with Crippen LogP contribution in [0.2, 0.25) is 0 Å². The summed E-state index contributed by atoms with van der Waals surface area (Å²) in [7, 11) is 3.91. The molecule has 0 saturated carbocycles. The molecule has 0 fully saturated rings. The standard InChI is InChI=1S/C12H18N2/c1-4-6-11-10(9-13-2)7-5-8-12(11)14-3/h4-8,13-14H,9H2,1-3H3/b6-4-. The highest BCUT2D eigenvalue weighted by molar-refractivity contribution is 5.69. The number of benzene rings is 1. The first kappa shape index (κ1) is 10.8. The summed E-state index contributed by atoms with van der Waals surface area (Å²) in [6, 6.07) is 6.31. The Balaban J connectivity index is 3.13. The summed E-state index contributed by atoms with van der Waals surface area (Å²) >= 11 is 0. The van der Waals surface area contributed by atoms with E-state index in [9.17, 15) is 0 Å². The first-order chi connectivity index (χ1) is 6.83. The Morgan fingerprint density at radius 3 is 2.64 bits per heavy atom. The third kappa shape index (κ3) is 2.36. The van der Waals surface area contributed by atoms with Gasteiger partial charge >= 0.3 is 0 Å². The summed E-state index contributed by atoms with van der Waals surface area (Å²) in [5.41, 5.74) is 3.76. The van der Waals surface area contributed by atoms with E-state index in [1.165, 1.54) is 16.8 Å². The van der Waals surface area contributed by atoms with Crippen LogP contribution in [-0.2, 0) is 6.54 Å². The molecule has 0 radical (unpaired) electrons. The van der Waals surface area contributed by atoms with Crippen molar-refractivity contribution in [2.45, 2.75) is 13.5 Å². The van der Waals surface area contributed by atoms with Gasteiger partial charge in [0.25, 0.3) is 0 Å². The molecule has 2 heteroatoms. The van der Waals surface area contributed by atoms with Gasteiger partial charge in [0, 0.05) is 24.8 Å². The molecular formula is C12H18N2. The molecule has 2 nitrogen and oxygen atoms in total. The van der Waals surface area contributed by atoms with Gasteiger partial charge < -0.3 is 10.6 Å². The van der Waals surface area contributed by atoms with E-state index >= 15 is 0 Å². The van der Waals surface area contributed by atoms with Crippen molar-refractivity contribution in [3.8, 4) is 0 Å². The van der Waals surface area contributed by atoms with Crippen molar-refractivity contribution in [1.82, 2.24) is 5.32 Å². The van der Waals surface area contributed by atoms with Gasteiger partial charge in [-0.15, -0.1) is 0 Å². The van der Waals surface area contributed by atoms with Gasteiger partial charge in [0.05, 0.1) is 0 Å². The van der Waals surface area contributed by atoms with Crippen molar-refractivity contribution in [2.75, 3.05) is 19.4 Å². The van der Waals surface area contributed by atoms with E-state index in [0.717, 1.165) is 6.54 Å². The predicted molar refractivity (Wildman–Crippen MR) is 63.5 cm³/mol. The van der Waals surface area contributed by atoms with Gasteiger partial charge in [0.15, 0.2) is 0 Å². The van der Waals surface area contributed by atoms with Crippen molar-refractivity contribution < 1.29 is 0 Å². The van der Waals surface area contributed by atoms with E-state index in [0.29, 0.717) is 0 Å². The van der Waals surface area contributed by atoms with E-state index in [-0.39, 0.29) is 0 Å². The molecule has 2 N–H and O–H groups in total. The summed E-state index contributed by atoms with van der Waals surface area (Å²) in [5.74, 6) is 0. The smallest absolute Gasteiger partial charge is 0.0414 e. The monoisotopic (exact) mass is 190 g/mol. The van der Waals surface area contributed by atoms with E-state index in [1.807, 2.05) is 21.0 Å². The molecule has 0 aliphatic carbocycles. The summed E-state index contributed by atoms with van der Waals surface area (Å²) in [5, 5.41) is 6.37. The number of anilines is 1. The fourth-order valence-corrected chi connectivity index (χ4v) is 1.54. The minimum atomic E-state index is 0.898. The van der Waals surface area contributed by atoms with Gasteiger partial charge in [-0.3, -0.25) is 0 Å². The van der Waals surface area contributed by atoms with Crippen LogP contribution >= 0.6 is 0 Å². The predicted octanol–water partition coefficient (Wildman–Crippen LogP) is 2.48. The molecule has 0 spiro atoms. The van der Waals surface area contributed by atoms with E-state index in [2.05, 4.69) is 41.0 Å². The zero-order valence-electron chi connectivity index (χ0n) is 9.09. The van der Waals surface area contributed by atoms with Crippen LogP contribution in [0.4, 0.5) is 5.69 Å². The molecule has 0 bridgehead atoms. The summed E-state index contributed by atoms with van der Waals surface area (Å²) in [6.45, 7) is 2.94. The Bertz CT molecular complexity index is 316. The number of rotatable bonds is 4. The summed E-state index contributed by atoms with van der Waals surface area (Å²) < 4.78 is 0. The summed E-state index contributed by atoms with van der Waals surface area (Å²) in [4.78, 5) is 0. The second kappa shape index (κ2) is 5.45. The third-order valence-electron chi connectivity index (χ3n) is 2.17. The maximum absolute atomic E-state index is 3.20. The maximum atomic E-state index is 3.20. The Kier molecular flexibility index (Phi) is 4.20. The molecule has 0 amide bonds. The van der Waals surface area contributed by atoms with Crippen molar-refractivity contribution in [2.24, 2.45) is 0 Å². The number of hydrogen-bond donors (Lipinski definition) is 2. The highest BCUT2D eigenvalue weighted by Gasteiger charge is 2.02. The van der Waals surface area contributed by atoms with Crippen LogP contribution in [0.3, 0.4) is 0 Å². The number of nitrogens with one attached hydrogen (secondary N) is 2. The first-order valence-corrected chi connectivity index (χ1v) is 4.90. The molecule has 14 heavy (non-hydrogen) atoms. The molecule has 1 aromatic carbocycles. The average molecular weight is 190 g/mol. The van der Waals surface area contributed by atoms with Gasteiger partial charge in [-0.2, -0.15) is 0 Å². The fourth-order valence-electron chi connectivity index (χ4n) is 1.54. The second-order valence-electron chi connectivity index (χ2n) is 3.16. The van der Waals surface area contributed by atoms with Crippen LogP contribution in [-0.4, -0.2) is 14.1 Å². The molecule has 0 unspecified atom stereocenters. The Hall–Kier alpha value is -1.28. The Morgan fingerprint density at radius 2 is 2.07 bits per heavy atom. The summed E-state index contributed by atoms with van der Waals surface area (Å²) in [6.07, 6.45) is 4.20. The molecule has 0 heterocycles. The fraction of sp³-hybridized carbons (Fsp3) is 0.333. The van der Waals surface area contributed by atoms with Crippen LogP contribution < -0.4 is 10.6 Å². The van der Waals surface area contributed by atoms with Crippen molar-refractivity contribution in [1.29, 1.82) is 0 Å². The zero-order valence-corrected chi connectivity index (χ0v) is 9.09. The van der Waals surface area contributed by atoms with Gasteiger partial charge in [-0.05, 0) is 25.6 Å². The lowest BCUT2D eigenvalue weighted by Crippen LogP contribution is -2.07. The van der Waals surface area contributed by atoms with Gasteiger partial charge in [-0.25, -0.2) is 0 Å². The van der Waals surface area contributed by atoms with Crippen LogP contribution in [0.25, 0.3) is 6.08 Å². The Morgan fingerprint density at radius 1 is 1.29 bits per heavy atom. The van der Waals surface area contributed by atoms with Crippen LogP contribution in [0.1, 0.15) is 18.1 Å². The molecule has 0 aliphatic heterocycles. The SMILES string of the molecule is C/C=C\c1c(CNC)cccc1NC. The Labute approximate surface area is 86.0 Å². The molecule has 0 aliphatic rings. The van der Waals surface area contributed by atoms with Crippen LogP contribution in [0.15, 0.2) is 24.3 Å². The average Bonchev–Trinajstić information content (AvgIpc) is 2.21. The minimum absolute atomic E-state index is 0.898. The molecule has 0 saturated heterocycles. The maximum Gasteiger partial charge on any atom is 0.0414 e. The molecule has 1 rings (SSSR count). The number of hydrogen-bond acceptors (Lipinski definition) is 2. The second-order valence-corrected chi connectivity index (χ2v) is 3.16. The lowest BCUT2D eigenvalue weighted by Gasteiger charge is -2.10. The van der Waals surface area contributed by atoms with Crippen molar-refractivity contribution in [3.63, 3.8) is 0 Å². The molecule has 76 valence electrons. The molecular weight excluding hydrogens is 172 g/mol. The van der Waals surface area contributed by atoms with Gasteiger partial charge in [0.1, 0.15) is 0 Å². The van der Waals surface area contributed by atoms with Crippen LogP contribution in [0, 0.1) is 0 Å². The third-order valence-corrected chi connectivity index (χ3v) is 2.17. The zero-order chi connectivity index (χ0) is 10.4. The normalized spacial score (nSPS) is 10.8. The largest absolute Gasteiger partial charge is 0.388 e. The number of allylic oxidation sites excluding steroid dienone is 1. The topological polar surface area (TPSA) is 24.1 Å². The van der Waals surface area contributed by atoms with E-state index in [1.54, 1.807) is 0 Å².